The Morgan fingerprint density at radius 2 is 1.96 bits per heavy atom. The van der Waals surface area contributed by atoms with Crippen molar-refractivity contribution in [3.63, 3.8) is 0 Å². The van der Waals surface area contributed by atoms with Gasteiger partial charge in [0.2, 0.25) is 5.95 Å². The number of nitrogen functional groups attached to an aromatic ring is 1. The molecular weight excluding hydrogens is 336 g/mol. The number of amides is 1. The molecule has 2 aromatic rings. The number of nitrogens with zero attached hydrogens (tertiary/aromatic N) is 3. The van der Waals surface area contributed by atoms with Crippen LogP contribution in [0.3, 0.4) is 0 Å². The van der Waals surface area contributed by atoms with Gasteiger partial charge in [-0.3, -0.25) is 19.5 Å². The number of hydrogen-bond donors (Lipinski definition) is 3. The Bertz CT molecular complexity index is 829. The van der Waals surface area contributed by atoms with Crippen LogP contribution in [-0.4, -0.2) is 53.6 Å². The van der Waals surface area contributed by atoms with Crippen molar-refractivity contribution >= 4 is 17.7 Å². The summed E-state index contributed by atoms with van der Waals surface area (Å²) in [5.41, 5.74) is 11.5. The molecule has 0 saturated carbocycles. The standard InChI is InChI=1S/C17H22N6O3/c18-14(24)11-26-13-4-2-1-3-12(13)10-22-5-7-23(8-6-22)15-9-16(25)21-17(19)20-15/h1-4,9H,5-8,10-11H2,(H2,18,24)(H3,19,20,21,25). The molecule has 26 heavy (non-hydrogen) atoms. The minimum atomic E-state index is -0.502. The summed E-state index contributed by atoms with van der Waals surface area (Å²) in [6.45, 7) is 3.64. The number of anilines is 2. The number of carbonyl (C=O) groups is 1. The fourth-order valence-electron chi connectivity index (χ4n) is 2.93. The zero-order valence-electron chi connectivity index (χ0n) is 14.4. The van der Waals surface area contributed by atoms with Gasteiger partial charge in [0.1, 0.15) is 11.6 Å². The van der Waals surface area contributed by atoms with E-state index in [-0.39, 0.29) is 18.1 Å². The van der Waals surface area contributed by atoms with Crippen LogP contribution in [0, 0.1) is 0 Å². The highest BCUT2D eigenvalue weighted by Crippen LogP contribution is 2.21. The van der Waals surface area contributed by atoms with Gasteiger partial charge in [0.25, 0.3) is 11.5 Å². The van der Waals surface area contributed by atoms with Crippen LogP contribution in [0.4, 0.5) is 11.8 Å². The van der Waals surface area contributed by atoms with Crippen LogP contribution < -0.4 is 26.7 Å². The molecule has 0 spiro atoms. The van der Waals surface area contributed by atoms with Crippen molar-refractivity contribution in [2.75, 3.05) is 43.4 Å². The number of nitrogens with one attached hydrogen (secondary N) is 1. The molecule has 1 fully saturated rings. The normalized spacial score (nSPS) is 15.0. The third-order valence-corrected chi connectivity index (χ3v) is 4.18. The second-order valence-electron chi connectivity index (χ2n) is 6.11. The third kappa shape index (κ3) is 4.51. The molecule has 0 bridgehead atoms. The Balaban J connectivity index is 1.61. The van der Waals surface area contributed by atoms with E-state index >= 15 is 0 Å². The molecule has 0 atom stereocenters. The third-order valence-electron chi connectivity index (χ3n) is 4.18. The van der Waals surface area contributed by atoms with Gasteiger partial charge in [-0.15, -0.1) is 0 Å². The van der Waals surface area contributed by atoms with Gasteiger partial charge in [-0.2, -0.15) is 4.98 Å². The lowest BCUT2D eigenvalue weighted by atomic mass is 10.1. The van der Waals surface area contributed by atoms with E-state index in [1.165, 1.54) is 6.07 Å². The van der Waals surface area contributed by atoms with Crippen LogP contribution in [0.5, 0.6) is 5.75 Å². The average Bonchev–Trinajstić information content (AvgIpc) is 2.61. The van der Waals surface area contributed by atoms with E-state index in [2.05, 4.69) is 14.9 Å². The molecule has 0 radical (unpaired) electrons. The van der Waals surface area contributed by atoms with E-state index in [0.717, 1.165) is 31.7 Å². The van der Waals surface area contributed by atoms with Crippen LogP contribution in [-0.2, 0) is 11.3 Å². The van der Waals surface area contributed by atoms with Gasteiger partial charge in [-0.05, 0) is 6.07 Å². The van der Waals surface area contributed by atoms with Gasteiger partial charge in [0, 0.05) is 44.4 Å². The number of rotatable bonds is 6. The number of benzene rings is 1. The highest BCUT2D eigenvalue weighted by atomic mass is 16.5. The highest BCUT2D eigenvalue weighted by Gasteiger charge is 2.20. The van der Waals surface area contributed by atoms with Crippen molar-refractivity contribution in [2.24, 2.45) is 5.73 Å². The summed E-state index contributed by atoms with van der Waals surface area (Å²) in [7, 11) is 0. The average molecular weight is 358 g/mol. The molecule has 3 rings (SSSR count). The minimum absolute atomic E-state index is 0.121. The van der Waals surface area contributed by atoms with Crippen LogP contribution in [0.25, 0.3) is 0 Å². The molecule has 1 aromatic heterocycles. The second-order valence-corrected chi connectivity index (χ2v) is 6.11. The summed E-state index contributed by atoms with van der Waals surface area (Å²) < 4.78 is 5.48. The van der Waals surface area contributed by atoms with Gasteiger partial charge in [-0.1, -0.05) is 18.2 Å². The Morgan fingerprint density at radius 1 is 1.23 bits per heavy atom. The molecule has 0 aliphatic carbocycles. The first-order valence-electron chi connectivity index (χ1n) is 8.34. The van der Waals surface area contributed by atoms with Gasteiger partial charge in [-0.25, -0.2) is 0 Å². The van der Waals surface area contributed by atoms with Crippen LogP contribution in [0.15, 0.2) is 35.1 Å². The fraction of sp³-hybridized carbons (Fsp3) is 0.353. The van der Waals surface area contributed by atoms with Crippen molar-refractivity contribution in [1.29, 1.82) is 0 Å². The number of hydrogen-bond acceptors (Lipinski definition) is 7. The summed E-state index contributed by atoms with van der Waals surface area (Å²) in [6.07, 6.45) is 0. The first-order valence-corrected chi connectivity index (χ1v) is 8.34. The van der Waals surface area contributed by atoms with Gasteiger partial charge < -0.3 is 21.1 Å². The molecule has 9 heteroatoms. The monoisotopic (exact) mass is 358 g/mol. The molecule has 9 nitrogen and oxygen atoms in total. The maximum Gasteiger partial charge on any atom is 0.255 e. The predicted molar refractivity (Wildman–Crippen MR) is 97.9 cm³/mol. The molecule has 5 N–H and O–H groups in total. The molecule has 1 aliphatic rings. The lowest BCUT2D eigenvalue weighted by Gasteiger charge is -2.35. The maximum atomic E-state index is 11.5. The highest BCUT2D eigenvalue weighted by molar-refractivity contribution is 5.75. The molecule has 2 heterocycles. The maximum absolute atomic E-state index is 11.5. The van der Waals surface area contributed by atoms with Crippen molar-refractivity contribution in [1.82, 2.24) is 14.9 Å². The number of aromatic amines is 1. The number of H-pyrrole nitrogens is 1. The number of aromatic nitrogens is 2. The van der Waals surface area contributed by atoms with Crippen LogP contribution in [0.2, 0.25) is 0 Å². The second kappa shape index (κ2) is 7.87. The molecular formula is C17H22N6O3. The van der Waals surface area contributed by atoms with E-state index in [0.29, 0.717) is 18.1 Å². The quantitative estimate of drug-likeness (QED) is 0.637. The lowest BCUT2D eigenvalue weighted by Crippen LogP contribution is -2.46. The van der Waals surface area contributed by atoms with Crippen LogP contribution in [0.1, 0.15) is 5.56 Å². The number of ether oxygens (including phenoxy) is 1. The van der Waals surface area contributed by atoms with Gasteiger partial charge in [0.05, 0.1) is 0 Å². The molecule has 1 amide bonds. The first kappa shape index (κ1) is 17.7. The summed E-state index contributed by atoms with van der Waals surface area (Å²) in [4.78, 5) is 33.4. The van der Waals surface area contributed by atoms with E-state index in [1.54, 1.807) is 0 Å². The number of para-hydroxylation sites is 1. The lowest BCUT2D eigenvalue weighted by molar-refractivity contribution is -0.119. The Morgan fingerprint density at radius 3 is 2.65 bits per heavy atom. The van der Waals surface area contributed by atoms with E-state index in [1.807, 2.05) is 29.2 Å². The summed E-state index contributed by atoms with van der Waals surface area (Å²) in [5.74, 6) is 0.877. The SMILES string of the molecule is NC(=O)COc1ccccc1CN1CCN(c2cc(=O)[nH]c(N)n2)CC1. The smallest absolute Gasteiger partial charge is 0.255 e. The van der Waals surface area contributed by atoms with Crippen LogP contribution >= 0.6 is 0 Å². The minimum Gasteiger partial charge on any atom is -0.483 e. The molecule has 0 unspecified atom stereocenters. The molecule has 1 aliphatic heterocycles. The topological polar surface area (TPSA) is 131 Å². The van der Waals surface area contributed by atoms with Gasteiger partial charge in [0.15, 0.2) is 6.61 Å². The summed E-state index contributed by atoms with van der Waals surface area (Å²) >= 11 is 0. The predicted octanol–water partition coefficient (Wildman–Crippen LogP) is -0.462. The summed E-state index contributed by atoms with van der Waals surface area (Å²) in [6, 6.07) is 9.06. The fourth-order valence-corrected chi connectivity index (χ4v) is 2.93. The largest absolute Gasteiger partial charge is 0.483 e. The van der Waals surface area contributed by atoms with Gasteiger partial charge >= 0.3 is 0 Å². The van der Waals surface area contributed by atoms with E-state index in [4.69, 9.17) is 16.2 Å². The number of primary amides is 1. The first-order chi connectivity index (χ1) is 12.5. The Kier molecular flexibility index (Phi) is 5.37. The van der Waals surface area contributed by atoms with E-state index in [9.17, 15) is 9.59 Å². The number of piperazine rings is 1. The molecule has 1 saturated heterocycles. The molecule has 1 aromatic carbocycles. The van der Waals surface area contributed by atoms with Crippen molar-refractivity contribution in [2.45, 2.75) is 6.54 Å². The van der Waals surface area contributed by atoms with Crippen molar-refractivity contribution in [3.8, 4) is 5.75 Å². The summed E-state index contributed by atoms with van der Waals surface area (Å²) in [5, 5.41) is 0. The van der Waals surface area contributed by atoms with E-state index < -0.39 is 5.91 Å². The van der Waals surface area contributed by atoms with Crippen molar-refractivity contribution < 1.29 is 9.53 Å². The van der Waals surface area contributed by atoms with Crippen molar-refractivity contribution in [3.05, 3.63) is 46.2 Å². The zero-order chi connectivity index (χ0) is 18.5. The number of carbonyl (C=O) groups excluding carboxylic acids is 1. The number of nitrogens with two attached hydrogens (primary N) is 2. The Hall–Kier alpha value is -3.07. The molecule has 138 valence electrons. The Labute approximate surface area is 150 Å². The zero-order valence-corrected chi connectivity index (χ0v) is 14.4.